The number of pyridine rings is 1. The Balaban J connectivity index is 2.47. The standard InChI is InChI=1S/C14H13N3O2S/c1-8-6-7-10(13(16)20)14(17-8)19-11-5-3-2-4-9(11)12(15)18/h2-7H,1H3,(H2,15,18)(H2,16,20). The maximum absolute atomic E-state index is 11.4. The number of ether oxygens (including phenoxy) is 1. The van der Waals surface area contributed by atoms with E-state index in [1.807, 2.05) is 6.92 Å². The number of aromatic nitrogens is 1. The highest BCUT2D eigenvalue weighted by Gasteiger charge is 2.14. The number of amides is 1. The normalized spacial score (nSPS) is 10.1. The molecule has 0 saturated carbocycles. The van der Waals surface area contributed by atoms with Gasteiger partial charge in [0.1, 0.15) is 10.7 Å². The first kappa shape index (κ1) is 14.0. The highest BCUT2D eigenvalue weighted by Crippen LogP contribution is 2.26. The number of para-hydroxylation sites is 1. The number of carbonyl (C=O) groups is 1. The van der Waals surface area contributed by atoms with Gasteiger partial charge in [0.25, 0.3) is 5.91 Å². The lowest BCUT2D eigenvalue weighted by molar-refractivity contribution is 0.0998. The van der Waals surface area contributed by atoms with Gasteiger partial charge in [0.15, 0.2) is 0 Å². The van der Waals surface area contributed by atoms with Crippen LogP contribution in [-0.4, -0.2) is 15.9 Å². The first-order chi connectivity index (χ1) is 9.49. The van der Waals surface area contributed by atoms with Crippen molar-refractivity contribution in [1.82, 2.24) is 4.98 Å². The van der Waals surface area contributed by atoms with E-state index in [1.165, 1.54) is 0 Å². The maximum atomic E-state index is 11.4. The van der Waals surface area contributed by atoms with Gasteiger partial charge in [-0.1, -0.05) is 24.4 Å². The number of primary amides is 1. The molecule has 0 saturated heterocycles. The van der Waals surface area contributed by atoms with Gasteiger partial charge >= 0.3 is 0 Å². The number of benzene rings is 1. The fourth-order valence-corrected chi connectivity index (χ4v) is 1.82. The highest BCUT2D eigenvalue weighted by atomic mass is 32.1. The molecule has 0 atom stereocenters. The van der Waals surface area contributed by atoms with E-state index in [9.17, 15) is 4.79 Å². The Morgan fingerprint density at radius 3 is 2.50 bits per heavy atom. The first-order valence-corrected chi connectivity index (χ1v) is 6.24. The van der Waals surface area contributed by atoms with Crippen molar-refractivity contribution in [3.63, 3.8) is 0 Å². The van der Waals surface area contributed by atoms with Gasteiger partial charge in [0.2, 0.25) is 5.88 Å². The van der Waals surface area contributed by atoms with E-state index < -0.39 is 5.91 Å². The van der Waals surface area contributed by atoms with Gasteiger partial charge in [0, 0.05) is 5.69 Å². The summed E-state index contributed by atoms with van der Waals surface area (Å²) in [5.74, 6) is -0.00747. The number of aryl methyl sites for hydroxylation is 1. The molecule has 1 amide bonds. The molecule has 2 aromatic rings. The summed E-state index contributed by atoms with van der Waals surface area (Å²) in [6.45, 7) is 1.82. The molecule has 20 heavy (non-hydrogen) atoms. The van der Waals surface area contributed by atoms with Crippen molar-refractivity contribution in [1.29, 1.82) is 0 Å². The Morgan fingerprint density at radius 1 is 1.15 bits per heavy atom. The van der Waals surface area contributed by atoms with Crippen molar-refractivity contribution < 1.29 is 9.53 Å². The van der Waals surface area contributed by atoms with Crippen LogP contribution in [-0.2, 0) is 0 Å². The van der Waals surface area contributed by atoms with Crippen molar-refractivity contribution in [2.24, 2.45) is 11.5 Å². The van der Waals surface area contributed by atoms with Gasteiger partial charge in [-0.05, 0) is 31.2 Å². The minimum Gasteiger partial charge on any atom is -0.437 e. The van der Waals surface area contributed by atoms with E-state index in [4.69, 9.17) is 28.4 Å². The molecule has 6 heteroatoms. The van der Waals surface area contributed by atoms with Crippen molar-refractivity contribution in [2.45, 2.75) is 6.92 Å². The zero-order valence-corrected chi connectivity index (χ0v) is 11.6. The van der Waals surface area contributed by atoms with Crippen LogP contribution in [0.3, 0.4) is 0 Å². The van der Waals surface area contributed by atoms with Crippen LogP contribution < -0.4 is 16.2 Å². The van der Waals surface area contributed by atoms with Gasteiger partial charge in [-0.2, -0.15) is 0 Å². The molecular weight excluding hydrogens is 274 g/mol. The van der Waals surface area contributed by atoms with Gasteiger partial charge in [0.05, 0.1) is 11.1 Å². The Hall–Kier alpha value is -2.47. The third kappa shape index (κ3) is 2.92. The summed E-state index contributed by atoms with van der Waals surface area (Å²) >= 11 is 4.96. The van der Waals surface area contributed by atoms with Crippen LogP contribution in [0.15, 0.2) is 36.4 Å². The Bertz CT molecular complexity index is 686. The molecule has 0 bridgehead atoms. The average molecular weight is 287 g/mol. The molecule has 0 fully saturated rings. The second-order valence-corrected chi connectivity index (χ2v) is 4.57. The molecule has 2 rings (SSSR count). The predicted octanol–water partition coefficient (Wildman–Crippen LogP) is 1.92. The van der Waals surface area contributed by atoms with Crippen LogP contribution in [0.2, 0.25) is 0 Å². The summed E-state index contributed by atoms with van der Waals surface area (Å²) in [6, 6.07) is 10.2. The zero-order chi connectivity index (χ0) is 14.7. The molecule has 0 aliphatic carbocycles. The third-order valence-corrected chi connectivity index (χ3v) is 2.84. The number of hydrogen-bond donors (Lipinski definition) is 2. The first-order valence-electron chi connectivity index (χ1n) is 5.83. The van der Waals surface area contributed by atoms with E-state index >= 15 is 0 Å². The monoisotopic (exact) mass is 287 g/mol. The average Bonchev–Trinajstić information content (AvgIpc) is 2.38. The lowest BCUT2D eigenvalue weighted by Crippen LogP contribution is -2.14. The van der Waals surface area contributed by atoms with Crippen molar-refractivity contribution in [2.75, 3.05) is 0 Å². The summed E-state index contributed by atoms with van der Waals surface area (Å²) < 4.78 is 5.66. The smallest absolute Gasteiger partial charge is 0.252 e. The van der Waals surface area contributed by atoms with Gasteiger partial charge < -0.3 is 16.2 Å². The number of rotatable bonds is 4. The molecule has 4 N–H and O–H groups in total. The number of thiocarbonyl (C=S) groups is 1. The van der Waals surface area contributed by atoms with Crippen molar-refractivity contribution in [3.8, 4) is 11.6 Å². The molecule has 0 spiro atoms. The lowest BCUT2D eigenvalue weighted by atomic mass is 10.2. The van der Waals surface area contributed by atoms with Crippen LogP contribution in [0, 0.1) is 6.92 Å². The molecule has 102 valence electrons. The van der Waals surface area contributed by atoms with E-state index in [0.29, 0.717) is 11.3 Å². The summed E-state index contributed by atoms with van der Waals surface area (Å²) in [7, 11) is 0. The topological polar surface area (TPSA) is 91.2 Å². The summed E-state index contributed by atoms with van der Waals surface area (Å²) in [5, 5.41) is 0. The van der Waals surface area contributed by atoms with Crippen molar-refractivity contribution >= 4 is 23.1 Å². The number of nitrogens with two attached hydrogens (primary N) is 2. The largest absolute Gasteiger partial charge is 0.437 e. The zero-order valence-electron chi connectivity index (χ0n) is 10.8. The maximum Gasteiger partial charge on any atom is 0.252 e. The van der Waals surface area contributed by atoms with Gasteiger partial charge in [-0.15, -0.1) is 0 Å². The van der Waals surface area contributed by atoms with E-state index in [-0.39, 0.29) is 16.4 Å². The lowest BCUT2D eigenvalue weighted by Gasteiger charge is -2.11. The molecule has 0 aliphatic rings. The van der Waals surface area contributed by atoms with Crippen LogP contribution in [0.5, 0.6) is 11.6 Å². The van der Waals surface area contributed by atoms with E-state index in [2.05, 4.69) is 4.98 Å². The van der Waals surface area contributed by atoms with Gasteiger partial charge in [-0.3, -0.25) is 4.79 Å². The highest BCUT2D eigenvalue weighted by molar-refractivity contribution is 7.80. The van der Waals surface area contributed by atoms with Crippen molar-refractivity contribution in [3.05, 3.63) is 53.2 Å². The van der Waals surface area contributed by atoms with Gasteiger partial charge in [-0.25, -0.2) is 4.98 Å². The Labute approximate surface area is 121 Å². The SMILES string of the molecule is Cc1ccc(C(N)=S)c(Oc2ccccc2C(N)=O)n1. The summed E-state index contributed by atoms with van der Waals surface area (Å²) in [4.78, 5) is 15.8. The van der Waals surface area contributed by atoms with Crippen LogP contribution in [0.25, 0.3) is 0 Å². The number of nitrogens with zero attached hydrogens (tertiary/aromatic N) is 1. The minimum absolute atomic E-state index is 0.170. The predicted molar refractivity (Wildman–Crippen MR) is 79.9 cm³/mol. The van der Waals surface area contributed by atoms with Crippen LogP contribution >= 0.6 is 12.2 Å². The fourth-order valence-electron chi connectivity index (χ4n) is 1.66. The second-order valence-electron chi connectivity index (χ2n) is 4.13. The van der Waals surface area contributed by atoms with E-state index in [1.54, 1.807) is 36.4 Å². The molecule has 0 unspecified atom stereocenters. The quantitative estimate of drug-likeness (QED) is 0.838. The Kier molecular flexibility index (Phi) is 3.95. The van der Waals surface area contributed by atoms with Crippen LogP contribution in [0.1, 0.15) is 21.6 Å². The second kappa shape index (κ2) is 5.66. The molecular formula is C14H13N3O2S. The summed E-state index contributed by atoms with van der Waals surface area (Å²) in [6.07, 6.45) is 0. The number of hydrogen-bond acceptors (Lipinski definition) is 4. The molecule has 1 heterocycles. The number of carbonyl (C=O) groups excluding carboxylic acids is 1. The fraction of sp³-hybridized carbons (Fsp3) is 0.0714. The molecule has 1 aromatic carbocycles. The van der Waals surface area contributed by atoms with Crippen LogP contribution in [0.4, 0.5) is 0 Å². The Morgan fingerprint density at radius 2 is 1.85 bits per heavy atom. The van der Waals surface area contributed by atoms with E-state index in [0.717, 1.165) is 5.69 Å². The minimum atomic E-state index is -0.579. The summed E-state index contributed by atoms with van der Waals surface area (Å²) in [5.41, 5.74) is 12.5. The molecule has 5 nitrogen and oxygen atoms in total. The molecule has 0 aliphatic heterocycles. The molecule has 0 radical (unpaired) electrons. The molecule has 1 aromatic heterocycles. The third-order valence-electron chi connectivity index (χ3n) is 2.62.